The van der Waals surface area contributed by atoms with Crippen molar-refractivity contribution in [2.75, 3.05) is 6.54 Å². The first-order valence-electron chi connectivity index (χ1n) is 9.90. The fourth-order valence-electron chi connectivity index (χ4n) is 3.00. The molecule has 0 aromatic heterocycles. The quantitative estimate of drug-likeness (QED) is 0.619. The molecule has 0 radical (unpaired) electrons. The van der Waals surface area contributed by atoms with Crippen molar-refractivity contribution in [1.82, 2.24) is 10.0 Å². The molecular weight excluding hydrogens is 384 g/mol. The molecular formula is C23H30N2O3S. The summed E-state index contributed by atoms with van der Waals surface area (Å²) in [5.74, 6) is -0.319. The summed E-state index contributed by atoms with van der Waals surface area (Å²) in [6, 6.07) is 18.3. The Bertz CT molecular complexity index is 894. The summed E-state index contributed by atoms with van der Waals surface area (Å²) in [5, 5.41) is 4.02. The van der Waals surface area contributed by atoms with Crippen molar-refractivity contribution < 1.29 is 13.2 Å². The van der Waals surface area contributed by atoms with Crippen LogP contribution in [0.4, 0.5) is 0 Å². The maximum Gasteiger partial charge on any atom is 0.238 e. The molecule has 2 rings (SSSR count). The molecule has 2 atom stereocenters. The number of amides is 1. The smallest absolute Gasteiger partial charge is 0.238 e. The van der Waals surface area contributed by atoms with Gasteiger partial charge in [0.2, 0.25) is 15.9 Å². The van der Waals surface area contributed by atoms with Crippen LogP contribution in [0.1, 0.15) is 44.2 Å². The van der Waals surface area contributed by atoms with Crippen LogP contribution in [-0.4, -0.2) is 26.9 Å². The maximum absolute atomic E-state index is 12.7. The average molecular weight is 415 g/mol. The highest BCUT2D eigenvalue weighted by Crippen LogP contribution is 2.18. The van der Waals surface area contributed by atoms with E-state index in [1.807, 2.05) is 74.5 Å². The summed E-state index contributed by atoms with van der Waals surface area (Å²) >= 11 is 0. The molecule has 6 heteroatoms. The third-order valence-corrected chi connectivity index (χ3v) is 5.84. The third kappa shape index (κ3) is 7.48. The van der Waals surface area contributed by atoms with E-state index in [1.54, 1.807) is 0 Å². The van der Waals surface area contributed by atoms with E-state index in [0.717, 1.165) is 23.0 Å². The standard InChI is InChI=1S/C23H30N2O3S/c1-4-20(21-13-9-6-10-14-21)17-24-23(26)22(18(2)3)25-29(27,28)16-15-19-11-7-5-8-12-19/h5-16,18,20,22,25H,4,17H2,1-3H3,(H,24,26)/b16-15+/t20?,22-/m0/s1. The zero-order valence-corrected chi connectivity index (χ0v) is 18.0. The first-order valence-corrected chi connectivity index (χ1v) is 11.4. The Kier molecular flexibility index (Phi) is 8.61. The Morgan fingerprint density at radius 1 is 1.00 bits per heavy atom. The molecule has 1 unspecified atom stereocenters. The lowest BCUT2D eigenvalue weighted by Crippen LogP contribution is -2.49. The molecule has 2 aromatic carbocycles. The van der Waals surface area contributed by atoms with Gasteiger partial charge >= 0.3 is 0 Å². The van der Waals surface area contributed by atoms with E-state index in [9.17, 15) is 13.2 Å². The van der Waals surface area contributed by atoms with Crippen LogP contribution in [0.2, 0.25) is 0 Å². The minimum atomic E-state index is -3.76. The van der Waals surface area contributed by atoms with Crippen LogP contribution in [0.3, 0.4) is 0 Å². The minimum Gasteiger partial charge on any atom is -0.354 e. The molecule has 1 amide bonds. The fourth-order valence-corrected chi connectivity index (χ4v) is 4.15. The van der Waals surface area contributed by atoms with E-state index in [-0.39, 0.29) is 17.7 Å². The second-order valence-corrected chi connectivity index (χ2v) is 8.96. The van der Waals surface area contributed by atoms with Gasteiger partial charge in [0.25, 0.3) is 0 Å². The largest absolute Gasteiger partial charge is 0.354 e. The van der Waals surface area contributed by atoms with Crippen molar-refractivity contribution in [3.8, 4) is 0 Å². The number of carbonyl (C=O) groups excluding carboxylic acids is 1. The highest BCUT2D eigenvalue weighted by Gasteiger charge is 2.26. The van der Waals surface area contributed by atoms with Gasteiger partial charge in [-0.25, -0.2) is 8.42 Å². The number of nitrogens with one attached hydrogen (secondary N) is 2. The lowest BCUT2D eigenvalue weighted by molar-refractivity contribution is -0.123. The molecule has 5 nitrogen and oxygen atoms in total. The van der Waals surface area contributed by atoms with Crippen LogP contribution >= 0.6 is 0 Å². The predicted molar refractivity (Wildman–Crippen MR) is 119 cm³/mol. The van der Waals surface area contributed by atoms with Gasteiger partial charge in [-0.15, -0.1) is 0 Å². The Balaban J connectivity index is 2.02. The number of benzene rings is 2. The summed E-state index contributed by atoms with van der Waals surface area (Å²) in [7, 11) is -3.76. The molecule has 0 saturated carbocycles. The summed E-state index contributed by atoms with van der Waals surface area (Å²) in [6.45, 7) is 6.18. The topological polar surface area (TPSA) is 75.3 Å². The second kappa shape index (κ2) is 10.9. The Morgan fingerprint density at radius 3 is 2.14 bits per heavy atom. The number of rotatable bonds is 10. The maximum atomic E-state index is 12.7. The van der Waals surface area contributed by atoms with Gasteiger partial charge < -0.3 is 5.32 Å². The van der Waals surface area contributed by atoms with Crippen molar-refractivity contribution in [3.63, 3.8) is 0 Å². The van der Waals surface area contributed by atoms with Gasteiger partial charge in [-0.1, -0.05) is 81.4 Å². The van der Waals surface area contributed by atoms with Gasteiger partial charge in [-0.05, 0) is 29.5 Å². The van der Waals surface area contributed by atoms with E-state index in [1.165, 1.54) is 6.08 Å². The third-order valence-electron chi connectivity index (χ3n) is 4.77. The van der Waals surface area contributed by atoms with Gasteiger partial charge in [0.15, 0.2) is 0 Å². The summed E-state index contributed by atoms with van der Waals surface area (Å²) in [4.78, 5) is 12.7. The molecule has 0 aliphatic rings. The molecule has 0 aliphatic carbocycles. The van der Waals surface area contributed by atoms with Crippen molar-refractivity contribution in [2.45, 2.75) is 39.2 Å². The first kappa shape index (κ1) is 22.8. The summed E-state index contributed by atoms with van der Waals surface area (Å²) < 4.78 is 27.4. The lowest BCUT2D eigenvalue weighted by atomic mass is 9.96. The number of hydrogen-bond acceptors (Lipinski definition) is 3. The van der Waals surface area contributed by atoms with Crippen LogP contribution in [0, 0.1) is 5.92 Å². The molecule has 0 aliphatic heterocycles. The number of sulfonamides is 1. The molecule has 156 valence electrons. The zero-order valence-electron chi connectivity index (χ0n) is 17.2. The molecule has 0 heterocycles. The number of carbonyl (C=O) groups is 1. The molecule has 2 aromatic rings. The average Bonchev–Trinajstić information content (AvgIpc) is 2.72. The van der Waals surface area contributed by atoms with Crippen molar-refractivity contribution in [3.05, 3.63) is 77.2 Å². The monoisotopic (exact) mass is 414 g/mol. The second-order valence-electron chi connectivity index (χ2n) is 7.36. The highest BCUT2D eigenvalue weighted by molar-refractivity contribution is 7.92. The molecule has 0 bridgehead atoms. The molecule has 2 N–H and O–H groups in total. The van der Waals surface area contributed by atoms with Crippen LogP contribution < -0.4 is 10.0 Å². The van der Waals surface area contributed by atoms with Gasteiger partial charge in [0, 0.05) is 17.9 Å². The lowest BCUT2D eigenvalue weighted by Gasteiger charge is -2.23. The van der Waals surface area contributed by atoms with E-state index < -0.39 is 16.1 Å². The van der Waals surface area contributed by atoms with E-state index in [0.29, 0.717) is 6.54 Å². The minimum absolute atomic E-state index is 0.183. The van der Waals surface area contributed by atoms with E-state index in [2.05, 4.69) is 17.0 Å². The Labute approximate surface area is 174 Å². The molecule has 0 saturated heterocycles. The van der Waals surface area contributed by atoms with Crippen LogP contribution in [0.25, 0.3) is 6.08 Å². The van der Waals surface area contributed by atoms with Crippen molar-refractivity contribution >= 4 is 22.0 Å². The normalized spacial score (nSPS) is 14.1. The first-order chi connectivity index (χ1) is 13.8. The summed E-state index contributed by atoms with van der Waals surface area (Å²) in [5.41, 5.74) is 1.93. The van der Waals surface area contributed by atoms with E-state index in [4.69, 9.17) is 0 Å². The molecule has 0 fully saturated rings. The fraction of sp³-hybridized carbons (Fsp3) is 0.348. The molecule has 0 spiro atoms. The highest BCUT2D eigenvalue weighted by atomic mass is 32.2. The van der Waals surface area contributed by atoms with E-state index >= 15 is 0 Å². The van der Waals surface area contributed by atoms with Gasteiger partial charge in [-0.2, -0.15) is 4.72 Å². The zero-order chi connectivity index (χ0) is 21.3. The van der Waals surface area contributed by atoms with Crippen LogP contribution in [0.15, 0.2) is 66.1 Å². The van der Waals surface area contributed by atoms with Gasteiger partial charge in [-0.3, -0.25) is 4.79 Å². The van der Waals surface area contributed by atoms with Crippen molar-refractivity contribution in [1.29, 1.82) is 0 Å². The Hall–Kier alpha value is -2.44. The Morgan fingerprint density at radius 2 is 1.59 bits per heavy atom. The molecule has 29 heavy (non-hydrogen) atoms. The SMILES string of the molecule is CCC(CNC(=O)[C@@H](NS(=O)(=O)/C=C/c1ccccc1)C(C)C)c1ccccc1. The predicted octanol–water partition coefficient (Wildman–Crippen LogP) is 3.91. The van der Waals surface area contributed by atoms with Crippen LogP contribution in [-0.2, 0) is 14.8 Å². The van der Waals surface area contributed by atoms with Gasteiger partial charge in [0.1, 0.15) is 6.04 Å². The van der Waals surface area contributed by atoms with Crippen molar-refractivity contribution in [2.24, 2.45) is 5.92 Å². The number of hydrogen-bond donors (Lipinski definition) is 2. The summed E-state index contributed by atoms with van der Waals surface area (Å²) in [6.07, 6.45) is 2.39. The van der Waals surface area contributed by atoms with Gasteiger partial charge in [0.05, 0.1) is 0 Å². The van der Waals surface area contributed by atoms with Crippen LogP contribution in [0.5, 0.6) is 0 Å².